The van der Waals surface area contributed by atoms with Crippen LogP contribution in [0.5, 0.6) is 0 Å². The van der Waals surface area contributed by atoms with Crippen LogP contribution in [0.2, 0.25) is 5.02 Å². The number of benzene rings is 1. The van der Waals surface area contributed by atoms with Crippen molar-refractivity contribution in [1.82, 2.24) is 10.6 Å². The van der Waals surface area contributed by atoms with E-state index in [4.69, 9.17) is 16.3 Å². The number of fused-ring (bicyclic) bond motifs is 1. The molecule has 2 heterocycles. The zero-order chi connectivity index (χ0) is 14.7. The van der Waals surface area contributed by atoms with Gasteiger partial charge in [0, 0.05) is 28.8 Å². The summed E-state index contributed by atoms with van der Waals surface area (Å²) in [5, 5.41) is 6.66. The Balaban J connectivity index is 1.57. The molecule has 1 fully saturated rings. The van der Waals surface area contributed by atoms with Crippen molar-refractivity contribution in [1.29, 1.82) is 0 Å². The third-order valence-corrected chi connectivity index (χ3v) is 5.19. The van der Waals surface area contributed by atoms with Crippen molar-refractivity contribution in [2.45, 2.75) is 36.3 Å². The highest BCUT2D eigenvalue weighted by Crippen LogP contribution is 2.37. The van der Waals surface area contributed by atoms with Gasteiger partial charge in [-0.3, -0.25) is 0 Å². The molecule has 0 radical (unpaired) electrons. The molecular formula is C15H19ClN2O2S. The van der Waals surface area contributed by atoms with E-state index in [1.165, 1.54) is 4.90 Å². The van der Waals surface area contributed by atoms with Crippen LogP contribution in [0.15, 0.2) is 23.1 Å². The molecule has 2 aliphatic heterocycles. The lowest BCUT2D eigenvalue weighted by molar-refractivity contribution is 0.111. The highest BCUT2D eigenvalue weighted by molar-refractivity contribution is 7.99. The van der Waals surface area contributed by atoms with Gasteiger partial charge in [-0.25, -0.2) is 4.79 Å². The van der Waals surface area contributed by atoms with Crippen LogP contribution in [-0.4, -0.2) is 31.0 Å². The number of halogens is 1. The van der Waals surface area contributed by atoms with E-state index in [9.17, 15) is 4.79 Å². The molecule has 21 heavy (non-hydrogen) atoms. The Labute approximate surface area is 134 Å². The molecule has 3 rings (SSSR count). The maximum Gasteiger partial charge on any atom is 0.315 e. The van der Waals surface area contributed by atoms with Crippen LogP contribution in [0.3, 0.4) is 0 Å². The van der Waals surface area contributed by atoms with E-state index in [-0.39, 0.29) is 18.2 Å². The molecule has 2 atom stereocenters. The lowest BCUT2D eigenvalue weighted by Gasteiger charge is -2.26. The Bertz CT molecular complexity index is 520. The van der Waals surface area contributed by atoms with Gasteiger partial charge in [0.25, 0.3) is 0 Å². The summed E-state index contributed by atoms with van der Waals surface area (Å²) in [7, 11) is 0. The van der Waals surface area contributed by atoms with Gasteiger partial charge < -0.3 is 15.4 Å². The third kappa shape index (κ3) is 3.84. The Morgan fingerprint density at radius 3 is 3.14 bits per heavy atom. The van der Waals surface area contributed by atoms with Gasteiger partial charge in [0.2, 0.25) is 0 Å². The van der Waals surface area contributed by atoms with Gasteiger partial charge >= 0.3 is 6.03 Å². The molecule has 4 nitrogen and oxygen atoms in total. The SMILES string of the molecule is O=C(NC[C@H]1CCCO1)N[C@@H]1CCSc2ccc(Cl)cc21. The number of amides is 2. The van der Waals surface area contributed by atoms with Crippen LogP contribution in [-0.2, 0) is 4.74 Å². The van der Waals surface area contributed by atoms with Crippen LogP contribution >= 0.6 is 23.4 Å². The number of ether oxygens (including phenoxy) is 1. The van der Waals surface area contributed by atoms with Crippen molar-refractivity contribution in [2.75, 3.05) is 18.9 Å². The van der Waals surface area contributed by atoms with E-state index in [1.807, 2.05) is 30.0 Å². The summed E-state index contributed by atoms with van der Waals surface area (Å²) in [5.74, 6) is 1.01. The number of hydrogen-bond donors (Lipinski definition) is 2. The van der Waals surface area contributed by atoms with E-state index in [0.717, 1.165) is 37.2 Å². The molecular weight excluding hydrogens is 308 g/mol. The number of carbonyl (C=O) groups is 1. The number of hydrogen-bond acceptors (Lipinski definition) is 3. The van der Waals surface area contributed by atoms with Crippen LogP contribution in [0.1, 0.15) is 30.9 Å². The Hall–Kier alpha value is -0.910. The van der Waals surface area contributed by atoms with Crippen molar-refractivity contribution < 1.29 is 9.53 Å². The van der Waals surface area contributed by atoms with Crippen LogP contribution in [0.4, 0.5) is 4.79 Å². The molecule has 0 aromatic heterocycles. The number of nitrogens with one attached hydrogen (secondary N) is 2. The quantitative estimate of drug-likeness (QED) is 0.895. The van der Waals surface area contributed by atoms with E-state index in [0.29, 0.717) is 11.6 Å². The van der Waals surface area contributed by atoms with E-state index >= 15 is 0 Å². The Kier molecular flexibility index (Phi) is 4.93. The summed E-state index contributed by atoms with van der Waals surface area (Å²) < 4.78 is 5.50. The van der Waals surface area contributed by atoms with Gasteiger partial charge in [0.1, 0.15) is 0 Å². The lowest BCUT2D eigenvalue weighted by Crippen LogP contribution is -2.42. The monoisotopic (exact) mass is 326 g/mol. The van der Waals surface area contributed by atoms with Gasteiger partial charge in [-0.15, -0.1) is 11.8 Å². The fourth-order valence-electron chi connectivity index (χ4n) is 2.74. The van der Waals surface area contributed by atoms with Crippen LogP contribution < -0.4 is 10.6 Å². The molecule has 0 saturated carbocycles. The fourth-order valence-corrected chi connectivity index (χ4v) is 4.02. The van der Waals surface area contributed by atoms with Crippen LogP contribution in [0, 0.1) is 0 Å². The minimum atomic E-state index is -0.131. The predicted molar refractivity (Wildman–Crippen MR) is 85.0 cm³/mol. The summed E-state index contributed by atoms with van der Waals surface area (Å²) >= 11 is 7.88. The Morgan fingerprint density at radius 2 is 2.33 bits per heavy atom. The first-order valence-electron chi connectivity index (χ1n) is 7.30. The first-order chi connectivity index (χ1) is 10.2. The summed E-state index contributed by atoms with van der Waals surface area (Å²) in [5.41, 5.74) is 1.12. The van der Waals surface area contributed by atoms with Crippen molar-refractivity contribution in [3.05, 3.63) is 28.8 Å². The first kappa shape index (κ1) is 15.0. The molecule has 1 aromatic carbocycles. The molecule has 114 valence electrons. The predicted octanol–water partition coefficient (Wildman–Crippen LogP) is 3.36. The fraction of sp³-hybridized carbons (Fsp3) is 0.533. The molecule has 2 amide bonds. The lowest BCUT2D eigenvalue weighted by atomic mass is 10.0. The molecule has 1 aromatic rings. The van der Waals surface area contributed by atoms with Crippen molar-refractivity contribution >= 4 is 29.4 Å². The third-order valence-electron chi connectivity index (χ3n) is 3.83. The molecule has 0 unspecified atom stereocenters. The summed E-state index contributed by atoms with van der Waals surface area (Å²) in [6.45, 7) is 1.38. The minimum absolute atomic E-state index is 0.0319. The largest absolute Gasteiger partial charge is 0.376 e. The average molecular weight is 327 g/mol. The van der Waals surface area contributed by atoms with Gasteiger partial charge in [0.05, 0.1) is 12.1 Å². The van der Waals surface area contributed by atoms with E-state index in [2.05, 4.69) is 10.6 Å². The topological polar surface area (TPSA) is 50.4 Å². The van der Waals surface area contributed by atoms with Gasteiger partial charge in [0.15, 0.2) is 0 Å². The van der Waals surface area contributed by atoms with Crippen LogP contribution in [0.25, 0.3) is 0 Å². The highest BCUT2D eigenvalue weighted by atomic mass is 35.5. The van der Waals surface area contributed by atoms with E-state index < -0.39 is 0 Å². The standard InChI is InChI=1S/C15H19ClN2O2S/c16-10-3-4-14-12(8-10)13(5-7-21-14)18-15(19)17-9-11-2-1-6-20-11/h3-4,8,11,13H,1-2,5-7,9H2,(H2,17,18,19)/t11-,13-/m1/s1. The highest BCUT2D eigenvalue weighted by Gasteiger charge is 2.23. The minimum Gasteiger partial charge on any atom is -0.376 e. The summed E-state index contributed by atoms with van der Waals surface area (Å²) in [6.07, 6.45) is 3.20. The van der Waals surface area contributed by atoms with Crippen molar-refractivity contribution in [3.8, 4) is 0 Å². The van der Waals surface area contributed by atoms with Crippen molar-refractivity contribution in [3.63, 3.8) is 0 Å². The second kappa shape index (κ2) is 6.90. The molecule has 2 aliphatic rings. The van der Waals surface area contributed by atoms with Crippen molar-refractivity contribution in [2.24, 2.45) is 0 Å². The summed E-state index contributed by atoms with van der Waals surface area (Å²) in [4.78, 5) is 13.2. The molecule has 2 N–H and O–H groups in total. The molecule has 0 bridgehead atoms. The summed E-state index contributed by atoms with van der Waals surface area (Å²) in [6, 6.07) is 5.78. The normalized spacial score (nSPS) is 24.4. The molecule has 1 saturated heterocycles. The number of rotatable bonds is 3. The zero-order valence-corrected chi connectivity index (χ0v) is 13.3. The van der Waals surface area contributed by atoms with Gasteiger partial charge in [-0.2, -0.15) is 0 Å². The number of thioether (sulfide) groups is 1. The Morgan fingerprint density at radius 1 is 1.43 bits per heavy atom. The maximum atomic E-state index is 12.0. The zero-order valence-electron chi connectivity index (χ0n) is 11.7. The van der Waals surface area contributed by atoms with E-state index in [1.54, 1.807) is 0 Å². The van der Waals surface area contributed by atoms with Gasteiger partial charge in [-0.1, -0.05) is 11.6 Å². The maximum absolute atomic E-state index is 12.0. The second-order valence-corrected chi connectivity index (χ2v) is 6.93. The first-order valence-corrected chi connectivity index (χ1v) is 8.67. The number of carbonyl (C=O) groups excluding carboxylic acids is 1. The second-order valence-electron chi connectivity index (χ2n) is 5.36. The smallest absolute Gasteiger partial charge is 0.315 e. The molecule has 6 heteroatoms. The number of urea groups is 1. The average Bonchev–Trinajstić information content (AvgIpc) is 2.99. The molecule has 0 aliphatic carbocycles. The van der Waals surface area contributed by atoms with Gasteiger partial charge in [-0.05, 0) is 43.0 Å². The molecule has 0 spiro atoms.